The van der Waals surface area contributed by atoms with Crippen molar-refractivity contribution in [3.63, 3.8) is 0 Å². The number of furan rings is 1. The minimum absolute atomic E-state index is 0.508. The summed E-state index contributed by atoms with van der Waals surface area (Å²) < 4.78 is 5.30. The Labute approximate surface area is 71.4 Å². The Morgan fingerprint density at radius 2 is 2.27 bits per heavy atom. The molecule has 0 fully saturated rings. The van der Waals surface area contributed by atoms with Crippen LogP contribution in [-0.4, -0.2) is 4.99 Å². The van der Waals surface area contributed by atoms with Gasteiger partial charge < -0.3 is 10.2 Å². The van der Waals surface area contributed by atoms with Gasteiger partial charge in [0.25, 0.3) is 0 Å². The van der Waals surface area contributed by atoms with Crippen LogP contribution in [0.3, 0.4) is 0 Å². The Kier molecular flexibility index (Phi) is 2.29. The molecule has 3 heteroatoms. The second kappa shape index (κ2) is 3.05. The van der Waals surface area contributed by atoms with E-state index in [4.69, 9.17) is 22.4 Å². The molecule has 2 nitrogen and oxygen atoms in total. The minimum atomic E-state index is 0.508. The van der Waals surface area contributed by atoms with Crippen molar-refractivity contribution in [2.45, 2.75) is 20.3 Å². The molecule has 1 aromatic rings. The first-order chi connectivity index (χ1) is 5.09. The standard InChI is InChI=1S/C8H11NOS/c1-5-3-7(4-8(9)11)6(2)10-5/h3H,4H2,1-2H3,(H2,9,11). The lowest BCUT2D eigenvalue weighted by Crippen LogP contribution is -2.10. The second-order valence-corrected chi connectivity index (χ2v) is 3.11. The van der Waals surface area contributed by atoms with Crippen LogP contribution < -0.4 is 5.73 Å². The molecule has 0 amide bonds. The first-order valence-electron chi connectivity index (χ1n) is 3.44. The predicted octanol–water partition coefficient (Wildman–Crippen LogP) is 1.73. The predicted molar refractivity (Wildman–Crippen MR) is 48.7 cm³/mol. The molecule has 11 heavy (non-hydrogen) atoms. The van der Waals surface area contributed by atoms with Gasteiger partial charge in [0, 0.05) is 12.0 Å². The van der Waals surface area contributed by atoms with E-state index >= 15 is 0 Å². The average molecular weight is 169 g/mol. The van der Waals surface area contributed by atoms with E-state index in [0.29, 0.717) is 11.4 Å². The lowest BCUT2D eigenvalue weighted by molar-refractivity contribution is 0.502. The molecular weight excluding hydrogens is 158 g/mol. The summed E-state index contributed by atoms with van der Waals surface area (Å²) in [6.07, 6.45) is 0.637. The van der Waals surface area contributed by atoms with E-state index in [1.807, 2.05) is 19.9 Å². The van der Waals surface area contributed by atoms with Gasteiger partial charge in [-0.2, -0.15) is 0 Å². The molecule has 0 atom stereocenters. The lowest BCUT2D eigenvalue weighted by Gasteiger charge is -1.93. The van der Waals surface area contributed by atoms with E-state index < -0.39 is 0 Å². The normalized spacial score (nSPS) is 10.0. The molecule has 0 aliphatic heterocycles. The van der Waals surface area contributed by atoms with Crippen molar-refractivity contribution >= 4 is 17.2 Å². The van der Waals surface area contributed by atoms with Crippen LogP contribution in [-0.2, 0) is 6.42 Å². The van der Waals surface area contributed by atoms with E-state index in [1.165, 1.54) is 0 Å². The van der Waals surface area contributed by atoms with Crippen molar-refractivity contribution < 1.29 is 4.42 Å². The summed E-state index contributed by atoms with van der Waals surface area (Å²) in [5.74, 6) is 1.82. The Bertz CT molecular complexity index is 278. The molecule has 0 aliphatic rings. The van der Waals surface area contributed by atoms with Crippen LogP contribution in [0.25, 0.3) is 0 Å². The summed E-state index contributed by atoms with van der Waals surface area (Å²) >= 11 is 4.78. The SMILES string of the molecule is Cc1cc(CC(N)=S)c(C)o1. The summed E-state index contributed by atoms with van der Waals surface area (Å²) in [6.45, 7) is 3.83. The second-order valence-electron chi connectivity index (χ2n) is 2.58. The maximum atomic E-state index is 5.39. The quantitative estimate of drug-likeness (QED) is 0.685. The highest BCUT2D eigenvalue weighted by Gasteiger charge is 2.04. The fourth-order valence-corrected chi connectivity index (χ4v) is 1.20. The van der Waals surface area contributed by atoms with Crippen LogP contribution in [0.1, 0.15) is 17.1 Å². The molecule has 0 spiro atoms. The van der Waals surface area contributed by atoms with Gasteiger partial charge >= 0.3 is 0 Å². The first kappa shape index (κ1) is 8.27. The fraction of sp³-hybridized carbons (Fsp3) is 0.375. The Morgan fingerprint density at radius 1 is 1.64 bits per heavy atom. The maximum absolute atomic E-state index is 5.39. The summed E-state index contributed by atoms with van der Waals surface area (Å²) in [6, 6.07) is 1.97. The van der Waals surface area contributed by atoms with Crippen LogP contribution in [0.2, 0.25) is 0 Å². The van der Waals surface area contributed by atoms with Gasteiger partial charge in [-0.05, 0) is 19.9 Å². The molecule has 0 radical (unpaired) electrons. The number of thiocarbonyl (C=S) groups is 1. The van der Waals surface area contributed by atoms with Crippen LogP contribution >= 0.6 is 12.2 Å². The fourth-order valence-electron chi connectivity index (χ4n) is 1.05. The molecule has 0 aromatic carbocycles. The molecule has 2 N–H and O–H groups in total. The Morgan fingerprint density at radius 3 is 2.64 bits per heavy atom. The summed E-state index contributed by atoms with van der Waals surface area (Å²) in [4.78, 5) is 0.508. The van der Waals surface area contributed by atoms with Gasteiger partial charge in [-0.3, -0.25) is 0 Å². The summed E-state index contributed by atoms with van der Waals surface area (Å²) in [5, 5.41) is 0. The van der Waals surface area contributed by atoms with Gasteiger partial charge in [0.05, 0.1) is 4.99 Å². The molecular formula is C8H11NOS. The Hall–Kier alpha value is -0.830. The third kappa shape index (κ3) is 2.05. The van der Waals surface area contributed by atoms with E-state index in [1.54, 1.807) is 0 Å². The van der Waals surface area contributed by atoms with Crippen LogP contribution in [0.5, 0.6) is 0 Å². The number of hydrogen-bond acceptors (Lipinski definition) is 2. The summed E-state index contributed by atoms with van der Waals surface area (Å²) in [7, 11) is 0. The highest BCUT2D eigenvalue weighted by atomic mass is 32.1. The molecule has 1 aromatic heterocycles. The molecule has 60 valence electrons. The molecule has 0 saturated heterocycles. The maximum Gasteiger partial charge on any atom is 0.104 e. The van der Waals surface area contributed by atoms with E-state index in [9.17, 15) is 0 Å². The van der Waals surface area contributed by atoms with Crippen LogP contribution in [0.4, 0.5) is 0 Å². The van der Waals surface area contributed by atoms with E-state index in [0.717, 1.165) is 17.1 Å². The Balaban J connectivity index is 2.85. The van der Waals surface area contributed by atoms with Gasteiger partial charge in [-0.15, -0.1) is 0 Å². The van der Waals surface area contributed by atoms with E-state index in [2.05, 4.69) is 0 Å². The molecule has 1 rings (SSSR count). The van der Waals surface area contributed by atoms with Crippen LogP contribution in [0.15, 0.2) is 10.5 Å². The first-order valence-corrected chi connectivity index (χ1v) is 3.84. The zero-order valence-corrected chi connectivity index (χ0v) is 7.49. The van der Waals surface area contributed by atoms with Gasteiger partial charge in [-0.1, -0.05) is 12.2 Å². The molecule has 0 bridgehead atoms. The molecule has 0 aliphatic carbocycles. The average Bonchev–Trinajstić information content (AvgIpc) is 2.09. The van der Waals surface area contributed by atoms with Crippen molar-refractivity contribution in [3.05, 3.63) is 23.2 Å². The van der Waals surface area contributed by atoms with Gasteiger partial charge in [0.2, 0.25) is 0 Å². The molecule has 0 saturated carbocycles. The van der Waals surface area contributed by atoms with Gasteiger partial charge in [0.15, 0.2) is 0 Å². The number of hydrogen-bond donors (Lipinski definition) is 1. The van der Waals surface area contributed by atoms with Gasteiger partial charge in [0.1, 0.15) is 11.5 Å². The minimum Gasteiger partial charge on any atom is -0.466 e. The summed E-state index contributed by atoms with van der Waals surface area (Å²) in [5.41, 5.74) is 6.48. The topological polar surface area (TPSA) is 39.2 Å². The zero-order chi connectivity index (χ0) is 8.43. The lowest BCUT2D eigenvalue weighted by atomic mass is 10.2. The van der Waals surface area contributed by atoms with Crippen molar-refractivity contribution in [1.29, 1.82) is 0 Å². The van der Waals surface area contributed by atoms with Crippen molar-refractivity contribution in [2.75, 3.05) is 0 Å². The molecule has 1 heterocycles. The highest BCUT2D eigenvalue weighted by Crippen LogP contribution is 2.13. The van der Waals surface area contributed by atoms with Crippen molar-refractivity contribution in [3.8, 4) is 0 Å². The number of rotatable bonds is 2. The van der Waals surface area contributed by atoms with Crippen LogP contribution in [0, 0.1) is 13.8 Å². The number of nitrogens with two attached hydrogens (primary N) is 1. The zero-order valence-electron chi connectivity index (χ0n) is 6.68. The smallest absolute Gasteiger partial charge is 0.104 e. The van der Waals surface area contributed by atoms with Crippen molar-refractivity contribution in [1.82, 2.24) is 0 Å². The third-order valence-electron chi connectivity index (χ3n) is 1.51. The van der Waals surface area contributed by atoms with Gasteiger partial charge in [-0.25, -0.2) is 0 Å². The van der Waals surface area contributed by atoms with E-state index in [-0.39, 0.29) is 0 Å². The third-order valence-corrected chi connectivity index (χ3v) is 1.65. The monoisotopic (exact) mass is 169 g/mol. The molecule has 0 unspecified atom stereocenters. The van der Waals surface area contributed by atoms with Crippen molar-refractivity contribution in [2.24, 2.45) is 5.73 Å². The number of aryl methyl sites for hydroxylation is 2. The largest absolute Gasteiger partial charge is 0.466 e. The highest BCUT2D eigenvalue weighted by molar-refractivity contribution is 7.80.